The second-order valence-corrected chi connectivity index (χ2v) is 18.3. The highest BCUT2D eigenvalue weighted by Gasteiger charge is 2.42. The predicted molar refractivity (Wildman–Crippen MR) is 94.9 cm³/mol. The van der Waals surface area contributed by atoms with Gasteiger partial charge in [0.2, 0.25) is 0 Å². The van der Waals surface area contributed by atoms with Crippen LogP contribution in [0.3, 0.4) is 0 Å². The minimum absolute atomic E-state index is 0.0108. The topological polar surface area (TPSA) is 43.4 Å². The molecule has 0 aliphatic heterocycles. The summed E-state index contributed by atoms with van der Waals surface area (Å²) < 4.78 is 6.52. The van der Waals surface area contributed by atoms with Crippen LogP contribution in [-0.4, -0.2) is 33.2 Å². The van der Waals surface area contributed by atoms with Crippen LogP contribution in [0.15, 0.2) is 0 Å². The normalized spacial score (nSPS) is 15.9. The summed E-state index contributed by atoms with van der Waals surface area (Å²) in [5.74, 6) is -0.450. The molecule has 3 nitrogen and oxygen atoms in total. The smallest absolute Gasteiger partial charge is 0.184 e. The average Bonchev–Trinajstić information content (AvgIpc) is 2.18. The van der Waals surface area contributed by atoms with Crippen molar-refractivity contribution < 1.29 is 14.0 Å². The van der Waals surface area contributed by atoms with Gasteiger partial charge in [-0.3, -0.25) is 9.59 Å². The van der Waals surface area contributed by atoms with E-state index in [9.17, 15) is 9.59 Å². The van der Waals surface area contributed by atoms with E-state index in [1.807, 2.05) is 0 Å². The van der Waals surface area contributed by atoms with Crippen molar-refractivity contribution in [3.63, 3.8) is 0 Å². The zero-order valence-corrected chi connectivity index (χ0v) is 17.4. The van der Waals surface area contributed by atoms with E-state index in [0.29, 0.717) is 6.42 Å². The molecule has 21 heavy (non-hydrogen) atoms. The van der Waals surface area contributed by atoms with Crippen molar-refractivity contribution in [2.24, 2.45) is 5.92 Å². The first-order chi connectivity index (χ1) is 9.19. The highest BCUT2D eigenvalue weighted by Crippen LogP contribution is 2.33. The molecule has 0 aromatic rings. The van der Waals surface area contributed by atoms with Gasteiger partial charge >= 0.3 is 0 Å². The summed E-state index contributed by atoms with van der Waals surface area (Å²) in [5, 5.41) is -0.0877. The molecule has 0 radical (unpaired) electrons. The van der Waals surface area contributed by atoms with Gasteiger partial charge < -0.3 is 4.43 Å². The van der Waals surface area contributed by atoms with Crippen LogP contribution in [0, 0.1) is 5.92 Å². The average molecular weight is 331 g/mol. The van der Waals surface area contributed by atoms with Crippen molar-refractivity contribution >= 4 is 28.0 Å². The molecule has 0 saturated carbocycles. The van der Waals surface area contributed by atoms with E-state index in [0.717, 1.165) is 12.8 Å². The van der Waals surface area contributed by atoms with Gasteiger partial charge in [0, 0.05) is 5.22 Å². The van der Waals surface area contributed by atoms with Gasteiger partial charge in [-0.1, -0.05) is 19.6 Å². The Morgan fingerprint density at radius 2 is 1.43 bits per heavy atom. The molecular weight excluding hydrogens is 296 g/mol. The SMILES string of the molecule is CC(=O)C(CCCC(C)(O[Si](C)(C)C)[Si](C)(C)C)C(C)=O. The zero-order chi connectivity index (χ0) is 17.1. The minimum Gasteiger partial charge on any atom is -0.415 e. The molecule has 0 amide bonds. The lowest BCUT2D eigenvalue weighted by Gasteiger charge is -2.45. The third-order valence-electron chi connectivity index (χ3n) is 4.25. The molecule has 1 unspecified atom stereocenters. The Balaban J connectivity index is 4.87. The van der Waals surface area contributed by atoms with Gasteiger partial charge in [-0.15, -0.1) is 0 Å². The van der Waals surface area contributed by atoms with Crippen LogP contribution >= 0.6 is 0 Å². The van der Waals surface area contributed by atoms with Crippen LogP contribution < -0.4 is 0 Å². The van der Waals surface area contributed by atoms with Crippen molar-refractivity contribution in [1.82, 2.24) is 0 Å². The number of rotatable bonds is 9. The van der Waals surface area contributed by atoms with Crippen LogP contribution in [-0.2, 0) is 14.0 Å². The molecule has 0 spiro atoms. The Kier molecular flexibility index (Phi) is 7.24. The van der Waals surface area contributed by atoms with Crippen LogP contribution in [0.25, 0.3) is 0 Å². The summed E-state index contributed by atoms with van der Waals surface area (Å²) >= 11 is 0. The van der Waals surface area contributed by atoms with Gasteiger partial charge in [-0.05, 0) is 59.7 Å². The number of carbonyl (C=O) groups is 2. The molecule has 0 aromatic heterocycles. The van der Waals surface area contributed by atoms with Gasteiger partial charge in [0.25, 0.3) is 0 Å². The van der Waals surface area contributed by atoms with Crippen molar-refractivity contribution in [3.05, 3.63) is 0 Å². The number of Topliss-reactive ketones (excluding diaryl/α,β-unsaturated/α-hetero) is 2. The van der Waals surface area contributed by atoms with Gasteiger partial charge in [0.1, 0.15) is 11.6 Å². The zero-order valence-electron chi connectivity index (χ0n) is 15.4. The summed E-state index contributed by atoms with van der Waals surface area (Å²) in [6, 6.07) is 0. The highest BCUT2D eigenvalue weighted by atomic mass is 28.4. The summed E-state index contributed by atoms with van der Waals surface area (Å²) in [7, 11) is -3.13. The number of carbonyl (C=O) groups excluding carboxylic acids is 2. The second kappa shape index (κ2) is 7.33. The molecule has 0 fully saturated rings. The lowest BCUT2D eigenvalue weighted by atomic mass is 9.94. The molecular formula is C16H34O3Si2. The molecule has 1 atom stereocenters. The summed E-state index contributed by atoms with van der Waals surface area (Å²) in [5.41, 5.74) is 0. The van der Waals surface area contributed by atoms with E-state index in [1.54, 1.807) is 0 Å². The second-order valence-electron chi connectivity index (χ2n) is 8.36. The standard InChI is InChI=1S/C16H34O3Si2/c1-13(17)15(14(2)18)11-10-12-16(3,20(4,5)6)19-21(7,8)9/h15H,10-12H2,1-9H3. The van der Waals surface area contributed by atoms with Crippen molar-refractivity contribution in [2.45, 2.75) is 84.5 Å². The van der Waals surface area contributed by atoms with Gasteiger partial charge in [-0.25, -0.2) is 0 Å². The molecule has 0 aliphatic rings. The molecule has 0 aromatic carbocycles. The monoisotopic (exact) mass is 330 g/mol. The number of ketones is 2. The highest BCUT2D eigenvalue weighted by molar-refractivity contribution is 6.80. The summed E-state index contributed by atoms with van der Waals surface area (Å²) in [6.07, 6.45) is 2.46. The molecule has 0 saturated heterocycles. The Morgan fingerprint density at radius 3 is 1.71 bits per heavy atom. The molecule has 0 bridgehead atoms. The predicted octanol–water partition coefficient (Wildman–Crippen LogP) is 4.44. The van der Waals surface area contributed by atoms with Gasteiger partial charge in [0.05, 0.1) is 14.0 Å². The Hall–Kier alpha value is -0.266. The first-order valence-corrected chi connectivity index (χ1v) is 14.8. The van der Waals surface area contributed by atoms with Crippen molar-refractivity contribution in [2.75, 3.05) is 0 Å². The Morgan fingerprint density at radius 1 is 1.00 bits per heavy atom. The molecule has 0 rings (SSSR count). The Labute approximate surface area is 133 Å². The fourth-order valence-electron chi connectivity index (χ4n) is 2.59. The van der Waals surface area contributed by atoms with E-state index in [-0.39, 0.29) is 16.8 Å². The molecule has 124 valence electrons. The van der Waals surface area contributed by atoms with E-state index in [2.05, 4.69) is 46.2 Å². The lowest BCUT2D eigenvalue weighted by Crippen LogP contribution is -2.56. The quantitative estimate of drug-likeness (QED) is 0.464. The largest absolute Gasteiger partial charge is 0.415 e. The fraction of sp³-hybridized carbons (Fsp3) is 0.875. The van der Waals surface area contributed by atoms with Gasteiger partial charge in [0.15, 0.2) is 8.32 Å². The van der Waals surface area contributed by atoms with Crippen LogP contribution in [0.4, 0.5) is 0 Å². The summed E-state index contributed by atoms with van der Waals surface area (Å²) in [4.78, 5) is 23.1. The maximum atomic E-state index is 11.5. The van der Waals surface area contributed by atoms with E-state index in [4.69, 9.17) is 4.43 Å². The summed E-state index contributed by atoms with van der Waals surface area (Å²) in [6.45, 7) is 18.9. The van der Waals surface area contributed by atoms with Crippen molar-refractivity contribution in [1.29, 1.82) is 0 Å². The molecule has 0 N–H and O–H groups in total. The number of hydrogen-bond donors (Lipinski definition) is 0. The molecule has 0 aliphatic carbocycles. The van der Waals surface area contributed by atoms with Crippen LogP contribution in [0.2, 0.25) is 39.3 Å². The maximum Gasteiger partial charge on any atom is 0.184 e. The first-order valence-electron chi connectivity index (χ1n) is 7.91. The number of hydrogen-bond acceptors (Lipinski definition) is 3. The molecule has 0 heterocycles. The molecule has 5 heteroatoms. The third-order valence-corrected chi connectivity index (χ3v) is 9.04. The lowest BCUT2D eigenvalue weighted by molar-refractivity contribution is -0.130. The van der Waals surface area contributed by atoms with Crippen LogP contribution in [0.5, 0.6) is 0 Å². The van der Waals surface area contributed by atoms with Crippen LogP contribution in [0.1, 0.15) is 40.0 Å². The van der Waals surface area contributed by atoms with E-state index in [1.165, 1.54) is 13.8 Å². The fourth-order valence-corrected chi connectivity index (χ4v) is 7.11. The third kappa shape index (κ3) is 7.02. The van der Waals surface area contributed by atoms with Gasteiger partial charge in [-0.2, -0.15) is 0 Å². The minimum atomic E-state index is -1.62. The first kappa shape index (κ1) is 20.7. The Bertz CT molecular complexity index is 366. The van der Waals surface area contributed by atoms with Crippen molar-refractivity contribution in [3.8, 4) is 0 Å². The maximum absolute atomic E-state index is 11.5. The van der Waals surface area contributed by atoms with E-state index < -0.39 is 22.3 Å². The van der Waals surface area contributed by atoms with E-state index >= 15 is 0 Å².